The van der Waals surface area contributed by atoms with Crippen molar-refractivity contribution in [1.82, 2.24) is 9.97 Å². The number of terminal acetylenes is 1. The monoisotopic (exact) mass is 259 g/mol. The predicted octanol–water partition coefficient (Wildman–Crippen LogP) is 3.52. The number of aryl methyl sites for hydroxylation is 2. The third-order valence-corrected chi connectivity index (χ3v) is 4.17. The molecule has 94 valence electrons. The number of hydrogen-bond acceptors (Lipinski definition) is 4. The van der Waals surface area contributed by atoms with E-state index in [0.717, 1.165) is 28.9 Å². The molecule has 0 saturated heterocycles. The van der Waals surface area contributed by atoms with Crippen molar-refractivity contribution in [2.24, 2.45) is 0 Å². The fourth-order valence-corrected chi connectivity index (χ4v) is 2.94. The van der Waals surface area contributed by atoms with Crippen LogP contribution >= 0.6 is 11.3 Å². The first kappa shape index (κ1) is 12.8. The van der Waals surface area contributed by atoms with Crippen LogP contribution in [0.1, 0.15) is 30.2 Å². The summed E-state index contributed by atoms with van der Waals surface area (Å²) < 4.78 is 0. The minimum absolute atomic E-state index is 0.0349. The van der Waals surface area contributed by atoms with Crippen LogP contribution in [0.5, 0.6) is 0 Å². The van der Waals surface area contributed by atoms with Gasteiger partial charge >= 0.3 is 0 Å². The third-order valence-electron chi connectivity index (χ3n) is 3.05. The molecule has 0 amide bonds. The first-order valence-electron chi connectivity index (χ1n) is 6.10. The second kappa shape index (κ2) is 5.36. The number of rotatable bonds is 4. The third kappa shape index (κ3) is 2.32. The maximum Gasteiger partial charge on any atom is 0.139 e. The Bertz CT molecular complexity index is 595. The smallest absolute Gasteiger partial charge is 0.139 e. The summed E-state index contributed by atoms with van der Waals surface area (Å²) in [6.07, 6.45) is 9.14. The number of nitrogens with one attached hydrogen (secondary N) is 1. The van der Waals surface area contributed by atoms with Crippen LogP contribution < -0.4 is 5.32 Å². The van der Waals surface area contributed by atoms with Gasteiger partial charge in [0, 0.05) is 4.88 Å². The lowest BCUT2D eigenvalue weighted by molar-refractivity contribution is 0.753. The van der Waals surface area contributed by atoms with E-state index >= 15 is 0 Å². The minimum Gasteiger partial charge on any atom is -0.356 e. The zero-order chi connectivity index (χ0) is 13.1. The van der Waals surface area contributed by atoms with Crippen LogP contribution in [0.2, 0.25) is 0 Å². The molecule has 0 aromatic carbocycles. The van der Waals surface area contributed by atoms with Crippen molar-refractivity contribution in [3.63, 3.8) is 0 Å². The fraction of sp³-hybridized carbons (Fsp3) is 0.429. The topological polar surface area (TPSA) is 37.8 Å². The molecular formula is C14H17N3S. The lowest BCUT2D eigenvalue weighted by Gasteiger charge is -2.13. The molecule has 0 radical (unpaired) electrons. The van der Waals surface area contributed by atoms with Crippen molar-refractivity contribution in [1.29, 1.82) is 0 Å². The summed E-state index contributed by atoms with van der Waals surface area (Å²) in [4.78, 5) is 11.0. The molecule has 0 aliphatic carbocycles. The SMILES string of the molecule is C#CC(CCC)Nc1ncnc2sc(C)c(C)c12. The molecule has 2 rings (SSSR count). The zero-order valence-corrected chi connectivity index (χ0v) is 11.8. The fourth-order valence-electron chi connectivity index (χ4n) is 1.94. The van der Waals surface area contributed by atoms with Crippen molar-refractivity contribution < 1.29 is 0 Å². The maximum absolute atomic E-state index is 5.54. The molecule has 0 aliphatic heterocycles. The summed E-state index contributed by atoms with van der Waals surface area (Å²) in [7, 11) is 0. The summed E-state index contributed by atoms with van der Waals surface area (Å²) in [5.41, 5.74) is 1.24. The summed E-state index contributed by atoms with van der Waals surface area (Å²) in [6.45, 7) is 6.34. The molecule has 2 aromatic rings. The number of anilines is 1. The number of nitrogens with zero attached hydrogens (tertiary/aromatic N) is 2. The first-order chi connectivity index (χ1) is 8.67. The molecule has 1 unspecified atom stereocenters. The Morgan fingerprint density at radius 3 is 2.89 bits per heavy atom. The molecule has 4 heteroatoms. The van der Waals surface area contributed by atoms with Gasteiger partial charge in [-0.15, -0.1) is 17.8 Å². The second-order valence-electron chi connectivity index (χ2n) is 4.34. The van der Waals surface area contributed by atoms with E-state index in [9.17, 15) is 0 Å². The van der Waals surface area contributed by atoms with Gasteiger partial charge in [0.25, 0.3) is 0 Å². The highest BCUT2D eigenvalue weighted by Gasteiger charge is 2.13. The van der Waals surface area contributed by atoms with Gasteiger partial charge in [0.15, 0.2) is 0 Å². The van der Waals surface area contributed by atoms with Gasteiger partial charge < -0.3 is 5.32 Å². The maximum atomic E-state index is 5.54. The molecule has 0 fully saturated rings. The predicted molar refractivity (Wildman–Crippen MR) is 78.0 cm³/mol. The van der Waals surface area contributed by atoms with Gasteiger partial charge in [-0.3, -0.25) is 0 Å². The number of hydrogen-bond donors (Lipinski definition) is 1. The van der Waals surface area contributed by atoms with Gasteiger partial charge in [0.1, 0.15) is 17.0 Å². The van der Waals surface area contributed by atoms with E-state index in [2.05, 4.69) is 42.0 Å². The Labute approximate surface area is 112 Å². The van der Waals surface area contributed by atoms with E-state index in [1.807, 2.05) is 0 Å². The average molecular weight is 259 g/mol. The molecule has 0 saturated carbocycles. The van der Waals surface area contributed by atoms with Crippen LogP contribution in [0.25, 0.3) is 10.2 Å². The summed E-state index contributed by atoms with van der Waals surface area (Å²) in [6, 6.07) is 0.0349. The van der Waals surface area contributed by atoms with Crippen LogP contribution in [-0.2, 0) is 0 Å². The normalized spacial score (nSPS) is 12.3. The molecule has 2 aromatic heterocycles. The standard InChI is InChI=1S/C14H17N3S/c1-5-7-11(6-2)17-13-12-9(3)10(4)18-14(12)16-8-15-13/h2,8,11H,5,7H2,1,3-4H3,(H,15,16,17). The van der Waals surface area contributed by atoms with E-state index in [-0.39, 0.29) is 6.04 Å². The molecule has 3 nitrogen and oxygen atoms in total. The molecule has 0 spiro atoms. The molecule has 0 aliphatic rings. The first-order valence-corrected chi connectivity index (χ1v) is 6.92. The van der Waals surface area contributed by atoms with Gasteiger partial charge in [-0.25, -0.2) is 9.97 Å². The Balaban J connectivity index is 2.42. The quantitative estimate of drug-likeness (QED) is 0.854. The summed E-state index contributed by atoms with van der Waals surface area (Å²) >= 11 is 1.70. The van der Waals surface area contributed by atoms with Gasteiger partial charge in [-0.2, -0.15) is 0 Å². The Morgan fingerprint density at radius 2 is 2.22 bits per heavy atom. The van der Waals surface area contributed by atoms with Gasteiger partial charge in [0.2, 0.25) is 0 Å². The number of aromatic nitrogens is 2. The molecule has 2 heterocycles. The Morgan fingerprint density at radius 1 is 1.44 bits per heavy atom. The molecule has 0 bridgehead atoms. The molecular weight excluding hydrogens is 242 g/mol. The van der Waals surface area contributed by atoms with Crippen molar-refractivity contribution in [2.45, 2.75) is 39.7 Å². The van der Waals surface area contributed by atoms with E-state index < -0.39 is 0 Å². The molecule has 1 N–H and O–H groups in total. The number of fused-ring (bicyclic) bond motifs is 1. The number of thiophene rings is 1. The van der Waals surface area contributed by atoms with Gasteiger partial charge in [-0.05, 0) is 25.8 Å². The summed E-state index contributed by atoms with van der Waals surface area (Å²) in [5.74, 6) is 3.63. The van der Waals surface area contributed by atoms with E-state index in [4.69, 9.17) is 6.42 Å². The lowest BCUT2D eigenvalue weighted by Crippen LogP contribution is -2.17. The Kier molecular flexibility index (Phi) is 3.83. The average Bonchev–Trinajstić information content (AvgIpc) is 2.65. The highest BCUT2D eigenvalue weighted by molar-refractivity contribution is 7.18. The highest BCUT2D eigenvalue weighted by atomic mass is 32.1. The summed E-state index contributed by atoms with van der Waals surface area (Å²) in [5, 5.41) is 4.45. The van der Waals surface area contributed by atoms with Crippen LogP contribution in [0.4, 0.5) is 5.82 Å². The van der Waals surface area contributed by atoms with Crippen molar-refractivity contribution in [3.8, 4) is 12.3 Å². The minimum atomic E-state index is 0.0349. The van der Waals surface area contributed by atoms with Gasteiger partial charge in [-0.1, -0.05) is 19.3 Å². The largest absolute Gasteiger partial charge is 0.356 e. The molecule has 18 heavy (non-hydrogen) atoms. The van der Waals surface area contributed by atoms with Crippen LogP contribution in [0.3, 0.4) is 0 Å². The zero-order valence-electron chi connectivity index (χ0n) is 10.9. The van der Waals surface area contributed by atoms with E-state index in [1.54, 1.807) is 17.7 Å². The van der Waals surface area contributed by atoms with E-state index in [0.29, 0.717) is 0 Å². The van der Waals surface area contributed by atoms with Crippen molar-refractivity contribution >= 4 is 27.4 Å². The lowest BCUT2D eigenvalue weighted by atomic mass is 10.1. The second-order valence-corrected chi connectivity index (χ2v) is 5.54. The molecule has 1 atom stereocenters. The van der Waals surface area contributed by atoms with E-state index in [1.165, 1.54) is 10.4 Å². The highest BCUT2D eigenvalue weighted by Crippen LogP contribution is 2.32. The van der Waals surface area contributed by atoms with Crippen molar-refractivity contribution in [2.75, 3.05) is 5.32 Å². The van der Waals surface area contributed by atoms with Crippen molar-refractivity contribution in [3.05, 3.63) is 16.8 Å². The van der Waals surface area contributed by atoms with Crippen LogP contribution in [0.15, 0.2) is 6.33 Å². The van der Waals surface area contributed by atoms with Crippen LogP contribution in [0, 0.1) is 26.2 Å². The van der Waals surface area contributed by atoms with Gasteiger partial charge in [0.05, 0.1) is 11.4 Å². The van der Waals surface area contributed by atoms with Crippen LogP contribution in [-0.4, -0.2) is 16.0 Å². The Hall–Kier alpha value is -1.60.